The topological polar surface area (TPSA) is 40.0 Å². The normalized spacial score (nSPS) is 19.4. The van der Waals surface area contributed by atoms with Crippen molar-refractivity contribution in [3.63, 3.8) is 0 Å². The highest BCUT2D eigenvalue weighted by atomic mass is 16.5. The first-order chi connectivity index (χ1) is 15.8. The molecule has 1 aliphatic heterocycles. The predicted molar refractivity (Wildman–Crippen MR) is 127 cm³/mol. The largest absolute Gasteiger partial charge is 0.493 e. The van der Waals surface area contributed by atoms with Gasteiger partial charge >= 0.3 is 0 Å². The summed E-state index contributed by atoms with van der Waals surface area (Å²) in [4.78, 5) is 5.27. The van der Waals surface area contributed by atoms with E-state index in [0.29, 0.717) is 18.6 Å². The van der Waals surface area contributed by atoms with Crippen LogP contribution in [0.4, 0.5) is 0 Å². The maximum Gasteiger partial charge on any atom is 0.161 e. The Morgan fingerprint density at radius 2 is 1.62 bits per heavy atom. The smallest absolute Gasteiger partial charge is 0.161 e. The molecule has 0 radical (unpaired) electrons. The average Bonchev–Trinajstić information content (AvgIpc) is 2.87. The molecular weight excluding hydrogens is 398 g/mol. The van der Waals surface area contributed by atoms with E-state index in [4.69, 9.17) is 19.2 Å². The molecule has 1 aliphatic carbocycles. The molecule has 0 aromatic heterocycles. The maximum atomic E-state index is 6.10. The van der Waals surface area contributed by atoms with Crippen LogP contribution in [0.2, 0.25) is 0 Å². The van der Waals surface area contributed by atoms with Crippen molar-refractivity contribution in [3.8, 4) is 17.2 Å². The molecule has 32 heavy (non-hydrogen) atoms. The number of fused-ring (bicyclic) bond motifs is 3. The molecule has 164 valence electrons. The van der Waals surface area contributed by atoms with Crippen LogP contribution in [-0.4, -0.2) is 26.0 Å². The Labute approximate surface area is 189 Å². The fraction of sp³-hybridized carbons (Fsp3) is 0.321. The van der Waals surface area contributed by atoms with E-state index in [1.54, 1.807) is 14.2 Å². The first kappa shape index (κ1) is 20.6. The summed E-state index contributed by atoms with van der Waals surface area (Å²) in [5, 5.41) is 0. The molecule has 2 atom stereocenters. The molecule has 0 amide bonds. The van der Waals surface area contributed by atoms with Crippen molar-refractivity contribution in [2.75, 3.05) is 14.2 Å². The number of hydrogen-bond acceptors (Lipinski definition) is 4. The second kappa shape index (κ2) is 9.07. The fourth-order valence-corrected chi connectivity index (χ4v) is 4.97. The molecule has 2 aliphatic rings. The molecule has 0 unspecified atom stereocenters. The minimum absolute atomic E-state index is 0.318. The molecule has 0 bridgehead atoms. The Morgan fingerprint density at radius 3 is 2.44 bits per heavy atom. The second-order valence-corrected chi connectivity index (χ2v) is 8.53. The van der Waals surface area contributed by atoms with E-state index in [-0.39, 0.29) is 0 Å². The predicted octanol–water partition coefficient (Wildman–Crippen LogP) is 6.16. The van der Waals surface area contributed by atoms with Gasteiger partial charge in [0.25, 0.3) is 0 Å². The van der Waals surface area contributed by atoms with Gasteiger partial charge in [0.2, 0.25) is 0 Å². The minimum atomic E-state index is 0.318. The van der Waals surface area contributed by atoms with Gasteiger partial charge in [-0.3, -0.25) is 4.99 Å². The minimum Gasteiger partial charge on any atom is -0.493 e. The van der Waals surface area contributed by atoms with Crippen molar-refractivity contribution >= 4 is 5.71 Å². The lowest BCUT2D eigenvalue weighted by molar-refractivity contribution is 0.306. The zero-order valence-electron chi connectivity index (χ0n) is 18.7. The van der Waals surface area contributed by atoms with Crippen molar-refractivity contribution < 1.29 is 14.2 Å². The average molecular weight is 428 g/mol. The summed E-state index contributed by atoms with van der Waals surface area (Å²) in [5.74, 6) is 2.82. The van der Waals surface area contributed by atoms with Gasteiger partial charge in [0.05, 0.1) is 26.0 Å². The van der Waals surface area contributed by atoms with Crippen LogP contribution in [0.5, 0.6) is 17.2 Å². The van der Waals surface area contributed by atoms with Crippen LogP contribution in [0.15, 0.2) is 71.7 Å². The number of benzene rings is 3. The van der Waals surface area contributed by atoms with Crippen LogP contribution in [0.1, 0.15) is 53.9 Å². The van der Waals surface area contributed by atoms with Crippen molar-refractivity contribution in [3.05, 3.63) is 89.0 Å². The van der Waals surface area contributed by atoms with Crippen molar-refractivity contribution in [1.29, 1.82) is 0 Å². The second-order valence-electron chi connectivity index (χ2n) is 8.53. The highest BCUT2D eigenvalue weighted by Crippen LogP contribution is 2.44. The molecule has 3 aromatic carbocycles. The van der Waals surface area contributed by atoms with Crippen LogP contribution >= 0.6 is 0 Å². The van der Waals surface area contributed by atoms with Crippen LogP contribution in [0, 0.1) is 0 Å². The van der Waals surface area contributed by atoms with E-state index >= 15 is 0 Å². The SMILES string of the molecule is COc1cc2c(cc1OC)[C@H]1CCCC[C@H]1N=C2c1cccc(OCc2ccccc2)c1. The zero-order valence-corrected chi connectivity index (χ0v) is 18.7. The van der Waals surface area contributed by atoms with Gasteiger partial charge in [0.1, 0.15) is 12.4 Å². The van der Waals surface area contributed by atoms with Gasteiger partial charge in [0, 0.05) is 17.0 Å². The first-order valence-corrected chi connectivity index (χ1v) is 11.4. The summed E-state index contributed by atoms with van der Waals surface area (Å²) in [7, 11) is 3.39. The lowest BCUT2D eigenvalue weighted by Gasteiger charge is -2.35. The molecule has 1 saturated carbocycles. The standard InChI is InChI=1S/C28H29NO3/c1-30-26-16-23-22-13-6-7-14-25(22)29-28(24(23)17-27(26)31-2)20-11-8-12-21(15-20)32-18-19-9-4-3-5-10-19/h3-5,8-12,15-17,22,25H,6-7,13-14,18H2,1-2H3/t22-,25-/m1/s1. The summed E-state index contributed by atoms with van der Waals surface area (Å²) in [6, 6.07) is 23.1. The van der Waals surface area contributed by atoms with Crippen LogP contribution < -0.4 is 14.2 Å². The Kier molecular flexibility index (Phi) is 5.85. The van der Waals surface area contributed by atoms with Crippen LogP contribution in [0.25, 0.3) is 0 Å². The molecule has 3 aromatic rings. The quantitative estimate of drug-likeness (QED) is 0.473. The van der Waals surface area contributed by atoms with Gasteiger partial charge in [-0.1, -0.05) is 55.3 Å². The van der Waals surface area contributed by atoms with Gasteiger partial charge < -0.3 is 14.2 Å². The highest BCUT2D eigenvalue weighted by molar-refractivity contribution is 6.15. The Hall–Kier alpha value is -3.27. The van der Waals surface area contributed by atoms with Crippen LogP contribution in [0.3, 0.4) is 0 Å². The Bertz CT molecular complexity index is 1120. The molecule has 1 heterocycles. The first-order valence-electron chi connectivity index (χ1n) is 11.4. The third kappa shape index (κ3) is 3.97. The van der Waals surface area contributed by atoms with Gasteiger partial charge in [-0.25, -0.2) is 0 Å². The lowest BCUT2D eigenvalue weighted by atomic mass is 9.75. The molecule has 1 fully saturated rings. The molecule has 5 rings (SSSR count). The number of nitrogens with zero attached hydrogens (tertiary/aromatic N) is 1. The third-order valence-corrected chi connectivity index (χ3v) is 6.59. The van der Waals surface area contributed by atoms with Gasteiger partial charge in [-0.15, -0.1) is 0 Å². The maximum absolute atomic E-state index is 6.10. The van der Waals surface area contributed by atoms with Gasteiger partial charge in [0.15, 0.2) is 11.5 Å². The van der Waals surface area contributed by atoms with E-state index in [2.05, 4.69) is 36.4 Å². The van der Waals surface area contributed by atoms with Crippen molar-refractivity contribution in [1.82, 2.24) is 0 Å². The summed E-state index contributed by atoms with van der Waals surface area (Å²) in [6.07, 6.45) is 4.79. The molecule has 0 saturated heterocycles. The van der Waals surface area contributed by atoms with E-state index < -0.39 is 0 Å². The number of methoxy groups -OCH3 is 2. The number of ether oxygens (including phenoxy) is 3. The molecular formula is C28H29NO3. The zero-order chi connectivity index (χ0) is 21.9. The summed E-state index contributed by atoms with van der Waals surface area (Å²) in [5.41, 5.74) is 5.72. The van der Waals surface area contributed by atoms with Crippen molar-refractivity contribution in [2.45, 2.75) is 44.2 Å². The van der Waals surface area contributed by atoms with Gasteiger partial charge in [-0.2, -0.15) is 0 Å². The summed E-state index contributed by atoms with van der Waals surface area (Å²) < 4.78 is 17.4. The number of aliphatic imine (C=N–C) groups is 1. The lowest BCUT2D eigenvalue weighted by Crippen LogP contribution is -2.29. The van der Waals surface area contributed by atoms with E-state index in [9.17, 15) is 0 Å². The van der Waals surface area contributed by atoms with E-state index in [1.807, 2.05) is 30.3 Å². The van der Waals surface area contributed by atoms with E-state index in [0.717, 1.165) is 46.1 Å². The molecule has 4 heteroatoms. The Morgan fingerprint density at radius 1 is 0.844 bits per heavy atom. The third-order valence-electron chi connectivity index (χ3n) is 6.59. The summed E-state index contributed by atoms with van der Waals surface area (Å²) in [6.45, 7) is 0.545. The molecule has 0 N–H and O–H groups in total. The number of hydrogen-bond donors (Lipinski definition) is 0. The number of rotatable bonds is 6. The summed E-state index contributed by atoms with van der Waals surface area (Å²) >= 11 is 0. The molecule has 0 spiro atoms. The monoisotopic (exact) mass is 427 g/mol. The fourth-order valence-electron chi connectivity index (χ4n) is 4.97. The van der Waals surface area contributed by atoms with Gasteiger partial charge in [-0.05, 0) is 48.2 Å². The van der Waals surface area contributed by atoms with Crippen molar-refractivity contribution in [2.24, 2.45) is 4.99 Å². The van der Waals surface area contributed by atoms with Crippen LogP contribution in [-0.2, 0) is 6.61 Å². The molecule has 4 nitrogen and oxygen atoms in total. The van der Waals surface area contributed by atoms with E-state index in [1.165, 1.54) is 24.8 Å². The highest BCUT2D eigenvalue weighted by Gasteiger charge is 2.34. The Balaban J connectivity index is 1.52.